The van der Waals surface area contributed by atoms with Crippen molar-refractivity contribution < 1.29 is 13.7 Å². The lowest BCUT2D eigenvalue weighted by atomic mass is 10.1. The first-order valence-corrected chi connectivity index (χ1v) is 7.40. The zero-order chi connectivity index (χ0) is 15.5. The molecule has 0 amide bonds. The number of rotatable bonds is 5. The fourth-order valence-electron chi connectivity index (χ4n) is 1.60. The van der Waals surface area contributed by atoms with E-state index in [1.54, 1.807) is 6.07 Å². The van der Waals surface area contributed by atoms with Crippen molar-refractivity contribution in [3.8, 4) is 5.75 Å². The van der Waals surface area contributed by atoms with E-state index in [0.29, 0.717) is 22.5 Å². The molecule has 114 valence electrons. The van der Waals surface area contributed by atoms with Crippen molar-refractivity contribution in [1.29, 1.82) is 0 Å². The van der Waals surface area contributed by atoms with Gasteiger partial charge in [0, 0.05) is 18.2 Å². The molecule has 2 rings (SSSR count). The Bertz CT molecular complexity index is 608. The van der Waals surface area contributed by atoms with E-state index in [-0.39, 0.29) is 18.0 Å². The second-order valence-corrected chi connectivity index (χ2v) is 6.61. The molecular formula is C15H18BrFN2O2. The molecule has 0 bridgehead atoms. The summed E-state index contributed by atoms with van der Waals surface area (Å²) in [5.74, 6) is 0.864. The van der Waals surface area contributed by atoms with Crippen LogP contribution in [0.5, 0.6) is 5.75 Å². The van der Waals surface area contributed by atoms with Crippen molar-refractivity contribution in [3.63, 3.8) is 0 Å². The van der Waals surface area contributed by atoms with Gasteiger partial charge in [-0.1, -0.05) is 5.16 Å². The van der Waals surface area contributed by atoms with Crippen molar-refractivity contribution in [2.24, 2.45) is 0 Å². The van der Waals surface area contributed by atoms with Gasteiger partial charge >= 0.3 is 0 Å². The van der Waals surface area contributed by atoms with E-state index >= 15 is 0 Å². The summed E-state index contributed by atoms with van der Waals surface area (Å²) in [6.07, 6.45) is 0. The molecule has 1 N–H and O–H groups in total. The normalized spacial score (nSPS) is 11.7. The summed E-state index contributed by atoms with van der Waals surface area (Å²) in [6.45, 7) is 7.13. The number of hydrogen-bond acceptors (Lipinski definition) is 4. The molecule has 1 heterocycles. The highest BCUT2D eigenvalue weighted by molar-refractivity contribution is 9.10. The summed E-state index contributed by atoms with van der Waals surface area (Å²) < 4.78 is 24.3. The number of benzene rings is 1. The molecule has 0 radical (unpaired) electrons. The second-order valence-electron chi connectivity index (χ2n) is 5.75. The Labute approximate surface area is 131 Å². The molecule has 0 aliphatic carbocycles. The van der Waals surface area contributed by atoms with Crippen molar-refractivity contribution in [1.82, 2.24) is 10.5 Å². The SMILES string of the molecule is CC(C)(C)NCc1cc(COc2ccc(F)cc2Br)on1. The van der Waals surface area contributed by atoms with Gasteiger partial charge < -0.3 is 14.6 Å². The van der Waals surface area contributed by atoms with Crippen LogP contribution < -0.4 is 10.1 Å². The quantitative estimate of drug-likeness (QED) is 0.877. The Balaban J connectivity index is 1.90. The average molecular weight is 357 g/mol. The number of nitrogens with zero attached hydrogens (tertiary/aromatic N) is 1. The zero-order valence-corrected chi connectivity index (χ0v) is 13.8. The van der Waals surface area contributed by atoms with Crippen molar-refractivity contribution in [3.05, 3.63) is 46.0 Å². The van der Waals surface area contributed by atoms with Gasteiger partial charge in [-0.3, -0.25) is 0 Å². The van der Waals surface area contributed by atoms with Crippen LogP contribution in [-0.4, -0.2) is 10.7 Å². The number of hydrogen-bond donors (Lipinski definition) is 1. The molecule has 0 spiro atoms. The third kappa shape index (κ3) is 5.13. The third-order valence-corrected chi connectivity index (χ3v) is 3.29. The highest BCUT2D eigenvalue weighted by Gasteiger charge is 2.11. The van der Waals surface area contributed by atoms with Gasteiger partial charge in [0.05, 0.1) is 10.2 Å². The fourth-order valence-corrected chi connectivity index (χ4v) is 2.07. The smallest absolute Gasteiger partial charge is 0.174 e. The van der Waals surface area contributed by atoms with Gasteiger partial charge in [0.1, 0.15) is 18.2 Å². The van der Waals surface area contributed by atoms with E-state index in [2.05, 4.69) is 47.2 Å². The van der Waals surface area contributed by atoms with Crippen LogP contribution >= 0.6 is 15.9 Å². The first-order chi connectivity index (χ1) is 9.83. The topological polar surface area (TPSA) is 47.3 Å². The summed E-state index contributed by atoms with van der Waals surface area (Å²) >= 11 is 3.25. The molecule has 0 saturated carbocycles. The van der Waals surface area contributed by atoms with Crippen LogP contribution in [0, 0.1) is 5.82 Å². The van der Waals surface area contributed by atoms with Crippen molar-refractivity contribution >= 4 is 15.9 Å². The van der Waals surface area contributed by atoms with Crippen LogP contribution in [0.15, 0.2) is 33.3 Å². The fraction of sp³-hybridized carbons (Fsp3) is 0.400. The van der Waals surface area contributed by atoms with E-state index in [1.165, 1.54) is 12.1 Å². The maximum absolute atomic E-state index is 13.0. The molecule has 0 unspecified atom stereocenters. The van der Waals surface area contributed by atoms with Crippen LogP contribution in [0.25, 0.3) is 0 Å². The monoisotopic (exact) mass is 356 g/mol. The largest absolute Gasteiger partial charge is 0.484 e. The molecule has 1 aromatic carbocycles. The van der Waals surface area contributed by atoms with Crippen LogP contribution in [0.3, 0.4) is 0 Å². The zero-order valence-electron chi connectivity index (χ0n) is 12.2. The summed E-state index contributed by atoms with van der Waals surface area (Å²) in [4.78, 5) is 0. The Kier molecular flexibility index (Phi) is 5.00. The standard InChI is InChI=1S/C15H18BrFN2O2/c1-15(2,3)18-8-11-7-12(21-19-11)9-20-14-5-4-10(17)6-13(14)16/h4-7,18H,8-9H2,1-3H3. The van der Waals surface area contributed by atoms with Gasteiger partial charge in [-0.2, -0.15) is 0 Å². The minimum atomic E-state index is -0.315. The molecule has 0 aliphatic rings. The van der Waals surface area contributed by atoms with Gasteiger partial charge in [-0.15, -0.1) is 0 Å². The summed E-state index contributed by atoms with van der Waals surface area (Å²) in [5.41, 5.74) is 0.843. The van der Waals surface area contributed by atoms with Crippen molar-refractivity contribution in [2.75, 3.05) is 0 Å². The molecule has 2 aromatic rings. The molecule has 0 atom stereocenters. The number of nitrogens with one attached hydrogen (secondary N) is 1. The Morgan fingerprint density at radius 2 is 2.10 bits per heavy atom. The van der Waals surface area contributed by atoms with E-state index in [4.69, 9.17) is 9.26 Å². The van der Waals surface area contributed by atoms with Crippen molar-refractivity contribution in [2.45, 2.75) is 39.5 Å². The minimum absolute atomic E-state index is 0.0224. The molecule has 0 saturated heterocycles. The predicted molar refractivity (Wildman–Crippen MR) is 81.5 cm³/mol. The molecule has 0 fully saturated rings. The minimum Gasteiger partial charge on any atom is -0.484 e. The van der Waals surface area contributed by atoms with Gasteiger partial charge in [-0.25, -0.2) is 4.39 Å². The van der Waals surface area contributed by atoms with Crippen LogP contribution in [-0.2, 0) is 13.2 Å². The maximum atomic E-state index is 13.0. The van der Waals surface area contributed by atoms with Gasteiger partial charge in [-0.05, 0) is 54.9 Å². The first-order valence-electron chi connectivity index (χ1n) is 6.61. The molecule has 21 heavy (non-hydrogen) atoms. The van der Waals surface area contributed by atoms with Gasteiger partial charge in [0.2, 0.25) is 0 Å². The van der Waals surface area contributed by atoms with E-state index < -0.39 is 0 Å². The molecule has 6 heteroatoms. The van der Waals surface area contributed by atoms with Gasteiger partial charge in [0.15, 0.2) is 5.76 Å². The first kappa shape index (κ1) is 16.0. The highest BCUT2D eigenvalue weighted by atomic mass is 79.9. The molecule has 4 nitrogen and oxygen atoms in total. The molecule has 1 aromatic heterocycles. The van der Waals surface area contributed by atoms with Gasteiger partial charge in [0.25, 0.3) is 0 Å². The second kappa shape index (κ2) is 6.58. The van der Waals surface area contributed by atoms with Crippen LogP contribution in [0.2, 0.25) is 0 Å². The Hall–Kier alpha value is -1.40. The molecule has 0 aliphatic heterocycles. The third-order valence-electron chi connectivity index (χ3n) is 2.67. The van der Waals surface area contributed by atoms with E-state index in [0.717, 1.165) is 5.69 Å². The molecular weight excluding hydrogens is 339 g/mol. The van der Waals surface area contributed by atoms with E-state index in [1.807, 2.05) is 6.07 Å². The lowest BCUT2D eigenvalue weighted by Crippen LogP contribution is -2.35. The Morgan fingerprint density at radius 1 is 1.33 bits per heavy atom. The average Bonchev–Trinajstić information content (AvgIpc) is 2.82. The lowest BCUT2D eigenvalue weighted by Gasteiger charge is -2.19. The number of aromatic nitrogens is 1. The summed E-state index contributed by atoms with van der Waals surface area (Å²) in [5, 5.41) is 7.31. The van der Waals surface area contributed by atoms with Crippen LogP contribution in [0.1, 0.15) is 32.2 Å². The summed E-state index contributed by atoms with van der Waals surface area (Å²) in [6, 6.07) is 6.11. The maximum Gasteiger partial charge on any atom is 0.174 e. The lowest BCUT2D eigenvalue weighted by molar-refractivity contribution is 0.246. The predicted octanol–water partition coefficient (Wildman–Crippen LogP) is 4.04. The summed E-state index contributed by atoms with van der Waals surface area (Å²) in [7, 11) is 0. The number of halogens is 2. The highest BCUT2D eigenvalue weighted by Crippen LogP contribution is 2.26. The number of ether oxygens (including phenoxy) is 1. The Morgan fingerprint density at radius 3 is 2.76 bits per heavy atom. The van der Waals surface area contributed by atoms with E-state index in [9.17, 15) is 4.39 Å². The van der Waals surface area contributed by atoms with Crippen LogP contribution in [0.4, 0.5) is 4.39 Å².